The molecule has 1 aromatic heterocycles. The molecule has 1 aliphatic rings. The Morgan fingerprint density at radius 2 is 2.38 bits per heavy atom. The fraction of sp³-hybridized carbons (Fsp3) is 0.500. The maximum absolute atomic E-state index is 10.8. The average molecular weight is 181 g/mol. The van der Waals surface area contributed by atoms with E-state index in [2.05, 4.69) is 4.98 Å². The first kappa shape index (κ1) is 8.10. The van der Waals surface area contributed by atoms with Gasteiger partial charge in [-0.25, -0.2) is 9.78 Å². The third-order valence-electron chi connectivity index (χ3n) is 2.27. The van der Waals surface area contributed by atoms with Crippen molar-refractivity contribution in [1.29, 1.82) is 0 Å². The first-order chi connectivity index (χ1) is 6.20. The van der Waals surface area contributed by atoms with Gasteiger partial charge in [0.05, 0.1) is 6.20 Å². The molecule has 0 spiro atoms. The molecule has 0 saturated heterocycles. The molecule has 5 nitrogen and oxygen atoms in total. The quantitative estimate of drug-likeness (QED) is 0.682. The average Bonchev–Trinajstić information content (AvgIpc) is 2.48. The van der Waals surface area contributed by atoms with Crippen molar-refractivity contribution < 1.29 is 9.90 Å². The van der Waals surface area contributed by atoms with Crippen LogP contribution in [0.5, 0.6) is 0 Å². The topological polar surface area (TPSA) is 58.4 Å². The van der Waals surface area contributed by atoms with Crippen LogP contribution < -0.4 is 4.90 Å². The highest BCUT2D eigenvalue weighted by atomic mass is 16.4. The van der Waals surface area contributed by atoms with E-state index in [1.807, 2.05) is 11.9 Å². The van der Waals surface area contributed by atoms with Gasteiger partial charge in [-0.15, -0.1) is 0 Å². The molecule has 2 rings (SSSR count). The Morgan fingerprint density at radius 1 is 1.62 bits per heavy atom. The van der Waals surface area contributed by atoms with Crippen molar-refractivity contribution in [1.82, 2.24) is 9.55 Å². The van der Waals surface area contributed by atoms with Crippen molar-refractivity contribution in [3.8, 4) is 0 Å². The van der Waals surface area contributed by atoms with Crippen LogP contribution in [0.2, 0.25) is 0 Å². The molecule has 0 aromatic carbocycles. The van der Waals surface area contributed by atoms with E-state index in [9.17, 15) is 4.79 Å². The molecule has 13 heavy (non-hydrogen) atoms. The van der Waals surface area contributed by atoms with E-state index < -0.39 is 5.97 Å². The molecule has 0 bridgehead atoms. The normalized spacial score (nSPS) is 15.6. The first-order valence-corrected chi connectivity index (χ1v) is 4.20. The SMILES string of the molecule is CN1CCCn2c(C(=O)O)cnc21. The van der Waals surface area contributed by atoms with Gasteiger partial charge in [0.15, 0.2) is 0 Å². The van der Waals surface area contributed by atoms with Crippen molar-refractivity contribution in [2.75, 3.05) is 18.5 Å². The van der Waals surface area contributed by atoms with Crippen molar-refractivity contribution in [2.45, 2.75) is 13.0 Å². The summed E-state index contributed by atoms with van der Waals surface area (Å²) in [5, 5.41) is 8.84. The smallest absolute Gasteiger partial charge is 0.354 e. The lowest BCUT2D eigenvalue weighted by Gasteiger charge is -2.25. The van der Waals surface area contributed by atoms with Gasteiger partial charge in [0, 0.05) is 20.1 Å². The van der Waals surface area contributed by atoms with Crippen LogP contribution in [0.3, 0.4) is 0 Å². The van der Waals surface area contributed by atoms with E-state index in [1.54, 1.807) is 4.57 Å². The lowest BCUT2D eigenvalue weighted by Crippen LogP contribution is -2.29. The summed E-state index contributed by atoms with van der Waals surface area (Å²) in [6.45, 7) is 1.69. The van der Waals surface area contributed by atoms with Gasteiger partial charge in [-0.1, -0.05) is 0 Å². The van der Waals surface area contributed by atoms with Gasteiger partial charge in [0.1, 0.15) is 5.69 Å². The third kappa shape index (κ3) is 1.16. The summed E-state index contributed by atoms with van der Waals surface area (Å²) in [7, 11) is 1.92. The molecule has 1 N–H and O–H groups in total. The molecule has 0 saturated carbocycles. The number of carbonyl (C=O) groups is 1. The number of aromatic carboxylic acids is 1. The summed E-state index contributed by atoms with van der Waals surface area (Å²) in [6, 6.07) is 0. The Bertz CT molecular complexity index is 345. The minimum absolute atomic E-state index is 0.279. The van der Waals surface area contributed by atoms with Gasteiger partial charge in [-0.05, 0) is 6.42 Å². The highest BCUT2D eigenvalue weighted by molar-refractivity contribution is 5.86. The van der Waals surface area contributed by atoms with Gasteiger partial charge in [-0.3, -0.25) is 0 Å². The Balaban J connectivity index is 2.47. The van der Waals surface area contributed by atoms with Crippen LogP contribution in [-0.4, -0.2) is 34.2 Å². The molecule has 1 aromatic rings. The number of fused-ring (bicyclic) bond motifs is 1. The summed E-state index contributed by atoms with van der Waals surface area (Å²) >= 11 is 0. The molecule has 0 fully saturated rings. The van der Waals surface area contributed by atoms with Gasteiger partial charge >= 0.3 is 5.97 Å². The number of hydrogen-bond acceptors (Lipinski definition) is 3. The molecule has 0 unspecified atom stereocenters. The van der Waals surface area contributed by atoms with E-state index >= 15 is 0 Å². The van der Waals surface area contributed by atoms with Crippen LogP contribution >= 0.6 is 0 Å². The fourth-order valence-electron chi connectivity index (χ4n) is 1.63. The molecular weight excluding hydrogens is 170 g/mol. The van der Waals surface area contributed by atoms with Crippen LogP contribution in [0.4, 0.5) is 5.95 Å². The van der Waals surface area contributed by atoms with Crippen molar-refractivity contribution >= 4 is 11.9 Å². The van der Waals surface area contributed by atoms with Gasteiger partial charge in [-0.2, -0.15) is 0 Å². The lowest BCUT2D eigenvalue weighted by atomic mass is 10.3. The van der Waals surface area contributed by atoms with Gasteiger partial charge in [0.2, 0.25) is 5.95 Å². The predicted molar refractivity (Wildman–Crippen MR) is 47.1 cm³/mol. The Labute approximate surface area is 75.6 Å². The molecule has 5 heteroatoms. The monoisotopic (exact) mass is 181 g/mol. The Hall–Kier alpha value is -1.52. The number of imidazole rings is 1. The van der Waals surface area contributed by atoms with Crippen molar-refractivity contribution in [2.24, 2.45) is 0 Å². The number of hydrogen-bond donors (Lipinski definition) is 1. The van der Waals surface area contributed by atoms with Crippen molar-refractivity contribution in [3.05, 3.63) is 11.9 Å². The zero-order valence-electron chi connectivity index (χ0n) is 7.40. The predicted octanol–water partition coefficient (Wildman–Crippen LogP) is 0.421. The molecule has 1 aliphatic heterocycles. The van der Waals surface area contributed by atoms with E-state index in [0.29, 0.717) is 0 Å². The second-order valence-electron chi connectivity index (χ2n) is 3.18. The van der Waals surface area contributed by atoms with Crippen LogP contribution in [-0.2, 0) is 6.54 Å². The number of rotatable bonds is 1. The fourth-order valence-corrected chi connectivity index (χ4v) is 1.63. The molecule has 0 aliphatic carbocycles. The molecule has 2 heterocycles. The van der Waals surface area contributed by atoms with Gasteiger partial charge < -0.3 is 14.6 Å². The third-order valence-corrected chi connectivity index (χ3v) is 2.27. The largest absolute Gasteiger partial charge is 0.477 e. The summed E-state index contributed by atoms with van der Waals surface area (Å²) < 4.78 is 1.74. The summed E-state index contributed by atoms with van der Waals surface area (Å²) in [5.41, 5.74) is 0.279. The van der Waals surface area contributed by atoms with E-state index in [1.165, 1.54) is 6.20 Å². The summed E-state index contributed by atoms with van der Waals surface area (Å²) in [5.74, 6) is -0.155. The number of anilines is 1. The molecule has 0 atom stereocenters. The van der Waals surface area contributed by atoms with Crippen LogP contribution in [0.1, 0.15) is 16.9 Å². The maximum Gasteiger partial charge on any atom is 0.354 e. The standard InChI is InChI=1S/C8H11N3O2/c1-10-3-2-4-11-6(7(12)13)5-9-8(10)11/h5H,2-4H2,1H3,(H,12,13). The minimum atomic E-state index is -0.908. The zero-order chi connectivity index (χ0) is 9.42. The number of carboxylic acids is 1. The van der Waals surface area contributed by atoms with Crippen LogP contribution in [0.25, 0.3) is 0 Å². The summed E-state index contributed by atoms with van der Waals surface area (Å²) in [6.07, 6.45) is 2.39. The molecule has 70 valence electrons. The van der Waals surface area contributed by atoms with Gasteiger partial charge in [0.25, 0.3) is 0 Å². The number of aromatic nitrogens is 2. The van der Waals surface area contributed by atoms with E-state index in [4.69, 9.17) is 5.11 Å². The maximum atomic E-state index is 10.8. The summed E-state index contributed by atoms with van der Waals surface area (Å²) in [4.78, 5) is 16.8. The Kier molecular flexibility index (Phi) is 1.72. The second-order valence-corrected chi connectivity index (χ2v) is 3.18. The number of nitrogens with zero attached hydrogens (tertiary/aromatic N) is 3. The molecular formula is C8H11N3O2. The molecule has 0 amide bonds. The van der Waals surface area contributed by atoms with Crippen molar-refractivity contribution in [3.63, 3.8) is 0 Å². The number of carboxylic acid groups (broad SMARTS) is 1. The van der Waals surface area contributed by atoms with Crippen LogP contribution in [0, 0.1) is 0 Å². The molecule has 0 radical (unpaired) electrons. The van der Waals surface area contributed by atoms with Crippen LogP contribution in [0.15, 0.2) is 6.20 Å². The Morgan fingerprint density at radius 3 is 3.08 bits per heavy atom. The van der Waals surface area contributed by atoms with E-state index in [-0.39, 0.29) is 5.69 Å². The first-order valence-electron chi connectivity index (χ1n) is 4.20. The highest BCUT2D eigenvalue weighted by Crippen LogP contribution is 2.19. The zero-order valence-corrected chi connectivity index (χ0v) is 7.40. The highest BCUT2D eigenvalue weighted by Gasteiger charge is 2.20. The van der Waals surface area contributed by atoms with E-state index in [0.717, 1.165) is 25.5 Å². The minimum Gasteiger partial charge on any atom is -0.477 e. The second kappa shape index (κ2) is 2.76. The lowest BCUT2D eigenvalue weighted by molar-refractivity contribution is 0.0684.